The zero-order chi connectivity index (χ0) is 14.3. The van der Waals surface area contributed by atoms with E-state index in [-0.39, 0.29) is 0 Å². The molecule has 3 rings (SSSR count). The van der Waals surface area contributed by atoms with Crippen molar-refractivity contribution in [1.82, 2.24) is 0 Å². The van der Waals surface area contributed by atoms with E-state index < -0.39 is 10.0 Å². The van der Waals surface area contributed by atoms with Crippen molar-refractivity contribution in [3.05, 3.63) is 53.6 Å². The molecule has 0 atom stereocenters. The van der Waals surface area contributed by atoms with Gasteiger partial charge in [-0.1, -0.05) is 24.3 Å². The van der Waals surface area contributed by atoms with Crippen LogP contribution in [-0.2, 0) is 16.4 Å². The molecule has 1 aliphatic heterocycles. The van der Waals surface area contributed by atoms with Gasteiger partial charge >= 0.3 is 0 Å². The Morgan fingerprint density at radius 2 is 1.85 bits per heavy atom. The van der Waals surface area contributed by atoms with Gasteiger partial charge < -0.3 is 5.73 Å². The molecule has 0 aliphatic carbocycles. The average molecular weight is 288 g/mol. The van der Waals surface area contributed by atoms with Crippen molar-refractivity contribution < 1.29 is 8.42 Å². The molecule has 20 heavy (non-hydrogen) atoms. The Kier molecular flexibility index (Phi) is 2.94. The average Bonchev–Trinajstić information content (AvgIpc) is 2.85. The fourth-order valence-electron chi connectivity index (χ4n) is 2.65. The molecule has 1 aliphatic rings. The maximum Gasteiger partial charge on any atom is 0.264 e. The van der Waals surface area contributed by atoms with E-state index in [0.717, 1.165) is 11.1 Å². The first kappa shape index (κ1) is 13.0. The van der Waals surface area contributed by atoms with Crippen molar-refractivity contribution >= 4 is 21.4 Å². The number of sulfonamides is 1. The van der Waals surface area contributed by atoms with Gasteiger partial charge in [-0.15, -0.1) is 0 Å². The lowest BCUT2D eigenvalue weighted by atomic mass is 10.1. The van der Waals surface area contributed by atoms with Crippen LogP contribution in [0.2, 0.25) is 0 Å². The molecule has 0 spiro atoms. The van der Waals surface area contributed by atoms with Crippen molar-refractivity contribution in [2.75, 3.05) is 16.6 Å². The Labute approximate surface area is 118 Å². The fourth-order valence-corrected chi connectivity index (χ4v) is 4.37. The Morgan fingerprint density at radius 3 is 2.60 bits per heavy atom. The quantitative estimate of drug-likeness (QED) is 0.863. The van der Waals surface area contributed by atoms with E-state index in [4.69, 9.17) is 5.73 Å². The van der Waals surface area contributed by atoms with Crippen LogP contribution in [0.15, 0.2) is 47.4 Å². The molecule has 0 fully saturated rings. The van der Waals surface area contributed by atoms with E-state index in [9.17, 15) is 8.42 Å². The zero-order valence-electron chi connectivity index (χ0n) is 11.2. The van der Waals surface area contributed by atoms with Gasteiger partial charge in [-0.3, -0.25) is 4.31 Å². The van der Waals surface area contributed by atoms with Crippen LogP contribution in [0.1, 0.15) is 11.1 Å². The number of hydrogen-bond donors (Lipinski definition) is 1. The highest BCUT2D eigenvalue weighted by Crippen LogP contribution is 2.36. The van der Waals surface area contributed by atoms with Gasteiger partial charge in [0, 0.05) is 17.8 Å². The molecule has 0 saturated heterocycles. The van der Waals surface area contributed by atoms with Gasteiger partial charge in [0.25, 0.3) is 10.0 Å². The minimum absolute atomic E-state index is 0.357. The normalized spacial score (nSPS) is 14.3. The van der Waals surface area contributed by atoms with Crippen molar-refractivity contribution in [3.63, 3.8) is 0 Å². The summed E-state index contributed by atoms with van der Waals surface area (Å²) >= 11 is 0. The topological polar surface area (TPSA) is 63.4 Å². The fraction of sp³-hybridized carbons (Fsp3) is 0.200. The molecule has 2 N–H and O–H groups in total. The molecule has 1 heterocycles. The molecular formula is C15H16N2O2S. The third-order valence-electron chi connectivity index (χ3n) is 3.68. The molecular weight excluding hydrogens is 272 g/mol. The summed E-state index contributed by atoms with van der Waals surface area (Å²) in [7, 11) is -3.52. The summed E-state index contributed by atoms with van der Waals surface area (Å²) in [6, 6.07) is 12.5. The Morgan fingerprint density at radius 1 is 1.10 bits per heavy atom. The summed E-state index contributed by atoms with van der Waals surface area (Å²) in [5, 5.41) is 0. The third-order valence-corrected chi connectivity index (χ3v) is 5.66. The Balaban J connectivity index is 2.13. The van der Waals surface area contributed by atoms with Gasteiger partial charge in [0.1, 0.15) is 0 Å². The number of fused-ring (bicyclic) bond motifs is 1. The van der Waals surface area contributed by atoms with Crippen molar-refractivity contribution in [2.24, 2.45) is 0 Å². The molecule has 5 heteroatoms. The molecule has 0 radical (unpaired) electrons. The smallest absolute Gasteiger partial charge is 0.264 e. The summed E-state index contributed by atoms with van der Waals surface area (Å²) in [4.78, 5) is 0.357. The highest BCUT2D eigenvalue weighted by Gasteiger charge is 2.32. The number of nitrogens with zero attached hydrogens (tertiary/aromatic N) is 1. The second kappa shape index (κ2) is 4.52. The van der Waals surface area contributed by atoms with Crippen LogP contribution < -0.4 is 10.0 Å². The maximum absolute atomic E-state index is 12.8. The van der Waals surface area contributed by atoms with Crippen LogP contribution in [0, 0.1) is 6.92 Å². The minimum atomic E-state index is -3.52. The molecule has 104 valence electrons. The van der Waals surface area contributed by atoms with Crippen molar-refractivity contribution in [3.8, 4) is 0 Å². The lowest BCUT2D eigenvalue weighted by molar-refractivity contribution is 0.591. The highest BCUT2D eigenvalue weighted by atomic mass is 32.2. The molecule has 2 aromatic carbocycles. The number of nitrogens with two attached hydrogens (primary N) is 1. The van der Waals surface area contributed by atoms with E-state index in [1.807, 2.05) is 31.2 Å². The van der Waals surface area contributed by atoms with Gasteiger partial charge in [0.05, 0.1) is 10.6 Å². The van der Waals surface area contributed by atoms with E-state index in [2.05, 4.69) is 0 Å². The maximum atomic E-state index is 12.8. The largest absolute Gasteiger partial charge is 0.398 e. The SMILES string of the molecule is Cc1ccccc1S(=O)(=O)N1CCc2c(N)cccc21. The van der Waals surface area contributed by atoms with Crippen LogP contribution in [-0.4, -0.2) is 15.0 Å². The van der Waals surface area contributed by atoms with Gasteiger partial charge in [-0.25, -0.2) is 8.42 Å². The minimum Gasteiger partial charge on any atom is -0.398 e. The summed E-state index contributed by atoms with van der Waals surface area (Å²) in [6.45, 7) is 2.25. The second-order valence-corrected chi connectivity index (χ2v) is 6.77. The first-order valence-electron chi connectivity index (χ1n) is 6.47. The van der Waals surface area contributed by atoms with Crippen LogP contribution >= 0.6 is 0 Å². The summed E-state index contributed by atoms with van der Waals surface area (Å²) < 4.78 is 27.1. The van der Waals surface area contributed by atoms with E-state index in [1.165, 1.54) is 4.31 Å². The standard InChI is InChI=1S/C15H16N2O2S/c1-11-5-2-3-8-15(11)20(18,19)17-10-9-12-13(16)6-4-7-14(12)17/h2-8H,9-10,16H2,1H3. The van der Waals surface area contributed by atoms with Gasteiger partial charge in [-0.2, -0.15) is 0 Å². The lowest BCUT2D eigenvalue weighted by Crippen LogP contribution is -2.29. The molecule has 2 aromatic rings. The highest BCUT2D eigenvalue weighted by molar-refractivity contribution is 7.93. The zero-order valence-corrected chi connectivity index (χ0v) is 12.0. The van der Waals surface area contributed by atoms with Crippen molar-refractivity contribution in [2.45, 2.75) is 18.2 Å². The van der Waals surface area contributed by atoms with Gasteiger partial charge in [0.15, 0.2) is 0 Å². The van der Waals surface area contributed by atoms with Crippen molar-refractivity contribution in [1.29, 1.82) is 0 Å². The van der Waals surface area contributed by atoms with E-state index >= 15 is 0 Å². The molecule has 0 amide bonds. The van der Waals surface area contributed by atoms with Crippen LogP contribution in [0.25, 0.3) is 0 Å². The predicted molar refractivity (Wildman–Crippen MR) is 80.3 cm³/mol. The number of nitrogen functional groups attached to an aromatic ring is 1. The molecule has 0 saturated carbocycles. The number of benzene rings is 2. The lowest BCUT2D eigenvalue weighted by Gasteiger charge is -2.20. The Hall–Kier alpha value is -2.01. The predicted octanol–water partition coefficient (Wildman–Crippen LogP) is 2.33. The summed E-state index contributed by atoms with van der Waals surface area (Å²) in [5.74, 6) is 0. The summed E-state index contributed by atoms with van der Waals surface area (Å²) in [5.41, 5.74) is 8.96. The van der Waals surface area contributed by atoms with Crippen LogP contribution in [0.5, 0.6) is 0 Å². The Bertz CT molecular complexity index is 769. The molecule has 4 nitrogen and oxygen atoms in total. The first-order valence-corrected chi connectivity index (χ1v) is 7.91. The van der Waals surface area contributed by atoms with Crippen LogP contribution in [0.3, 0.4) is 0 Å². The third kappa shape index (κ3) is 1.86. The first-order chi connectivity index (χ1) is 9.51. The summed E-state index contributed by atoms with van der Waals surface area (Å²) in [6.07, 6.45) is 0.660. The van der Waals surface area contributed by atoms with E-state index in [1.54, 1.807) is 18.2 Å². The van der Waals surface area contributed by atoms with Gasteiger partial charge in [-0.05, 0) is 37.1 Å². The number of anilines is 2. The van der Waals surface area contributed by atoms with Crippen LogP contribution in [0.4, 0.5) is 11.4 Å². The molecule has 0 bridgehead atoms. The number of rotatable bonds is 2. The second-order valence-electron chi connectivity index (χ2n) is 4.94. The molecule has 0 unspecified atom stereocenters. The molecule has 0 aromatic heterocycles. The number of aryl methyl sites for hydroxylation is 1. The monoisotopic (exact) mass is 288 g/mol. The van der Waals surface area contributed by atoms with E-state index in [0.29, 0.717) is 29.2 Å². The number of hydrogen-bond acceptors (Lipinski definition) is 3. The van der Waals surface area contributed by atoms with Gasteiger partial charge in [0.2, 0.25) is 0 Å².